The van der Waals surface area contributed by atoms with Gasteiger partial charge in [-0.05, 0) is 29.8 Å². The van der Waals surface area contributed by atoms with E-state index in [1.807, 2.05) is 23.1 Å². The first-order valence-corrected chi connectivity index (χ1v) is 7.68. The molecule has 0 unspecified atom stereocenters. The van der Waals surface area contributed by atoms with Gasteiger partial charge in [0.25, 0.3) is 0 Å². The van der Waals surface area contributed by atoms with Crippen molar-refractivity contribution in [3.63, 3.8) is 0 Å². The second-order valence-corrected chi connectivity index (χ2v) is 5.54. The normalized spacial score (nSPS) is 10.5. The molecular formula is C17H18ClN3O2. The minimum atomic E-state index is -0.0931. The molecule has 0 saturated heterocycles. The highest BCUT2D eigenvalue weighted by Crippen LogP contribution is 2.09. The number of nitrogens with zero attached hydrogens (tertiary/aromatic N) is 2. The van der Waals surface area contributed by atoms with E-state index in [0.717, 1.165) is 11.3 Å². The number of carbonyl (C=O) groups excluding carboxylic acids is 1. The Bertz CT molecular complexity index is 647. The fraction of sp³-hybridized carbons (Fsp3) is 0.294. The SMILES string of the molecule is N#CCCN(CC(=O)NCc1ccc(Cl)cc1)Cc1ccco1. The van der Waals surface area contributed by atoms with E-state index in [2.05, 4.69) is 11.4 Å². The Hall–Kier alpha value is -2.29. The van der Waals surface area contributed by atoms with Crippen molar-refractivity contribution >= 4 is 17.5 Å². The summed E-state index contributed by atoms with van der Waals surface area (Å²) in [6.45, 7) is 1.69. The minimum Gasteiger partial charge on any atom is -0.468 e. The molecule has 1 N–H and O–H groups in total. The van der Waals surface area contributed by atoms with Crippen LogP contribution in [0.25, 0.3) is 0 Å². The van der Waals surface area contributed by atoms with E-state index in [4.69, 9.17) is 21.3 Å². The first-order valence-electron chi connectivity index (χ1n) is 7.30. The Morgan fingerprint density at radius 3 is 2.74 bits per heavy atom. The van der Waals surface area contributed by atoms with Crippen LogP contribution in [0, 0.1) is 11.3 Å². The van der Waals surface area contributed by atoms with Crippen LogP contribution in [0.2, 0.25) is 5.02 Å². The van der Waals surface area contributed by atoms with Crippen LogP contribution in [0.15, 0.2) is 47.1 Å². The molecule has 1 amide bonds. The predicted octanol–water partition coefficient (Wildman–Crippen LogP) is 2.97. The molecule has 2 rings (SSSR count). The molecule has 2 aromatic rings. The summed E-state index contributed by atoms with van der Waals surface area (Å²) in [4.78, 5) is 14.0. The maximum absolute atomic E-state index is 12.1. The minimum absolute atomic E-state index is 0.0931. The van der Waals surface area contributed by atoms with Gasteiger partial charge in [-0.1, -0.05) is 23.7 Å². The summed E-state index contributed by atoms with van der Waals surface area (Å²) in [6.07, 6.45) is 1.96. The Kier molecular flexibility index (Phi) is 6.67. The number of halogens is 1. The summed E-state index contributed by atoms with van der Waals surface area (Å²) < 4.78 is 5.30. The van der Waals surface area contributed by atoms with Gasteiger partial charge in [-0.25, -0.2) is 0 Å². The number of carbonyl (C=O) groups is 1. The molecule has 1 aromatic carbocycles. The fourth-order valence-corrected chi connectivity index (χ4v) is 2.23. The van der Waals surface area contributed by atoms with E-state index in [-0.39, 0.29) is 12.5 Å². The van der Waals surface area contributed by atoms with Crippen LogP contribution < -0.4 is 5.32 Å². The van der Waals surface area contributed by atoms with Crippen LogP contribution in [0.5, 0.6) is 0 Å². The van der Waals surface area contributed by atoms with Gasteiger partial charge in [0.1, 0.15) is 5.76 Å². The van der Waals surface area contributed by atoms with Crippen molar-refractivity contribution in [3.8, 4) is 6.07 Å². The molecule has 6 heteroatoms. The van der Waals surface area contributed by atoms with E-state index in [1.54, 1.807) is 24.5 Å². The van der Waals surface area contributed by atoms with Crippen molar-refractivity contribution in [3.05, 3.63) is 59.0 Å². The van der Waals surface area contributed by atoms with Crippen LogP contribution >= 0.6 is 11.6 Å². The van der Waals surface area contributed by atoms with Crippen LogP contribution in [-0.4, -0.2) is 23.9 Å². The van der Waals surface area contributed by atoms with E-state index >= 15 is 0 Å². The number of furan rings is 1. The highest BCUT2D eigenvalue weighted by atomic mass is 35.5. The zero-order chi connectivity index (χ0) is 16.5. The Morgan fingerprint density at radius 1 is 1.30 bits per heavy atom. The first kappa shape index (κ1) is 17.1. The Labute approximate surface area is 140 Å². The lowest BCUT2D eigenvalue weighted by Crippen LogP contribution is -2.37. The van der Waals surface area contributed by atoms with Crippen molar-refractivity contribution in [2.75, 3.05) is 13.1 Å². The molecule has 0 radical (unpaired) electrons. The van der Waals surface area contributed by atoms with Crippen LogP contribution in [-0.2, 0) is 17.9 Å². The number of amides is 1. The van der Waals surface area contributed by atoms with E-state index in [1.165, 1.54) is 0 Å². The molecule has 0 aliphatic rings. The molecule has 0 spiro atoms. The maximum atomic E-state index is 12.1. The second-order valence-electron chi connectivity index (χ2n) is 5.10. The standard InChI is InChI=1S/C17H18ClN3O2/c18-15-6-4-14(5-7-15)11-20-17(22)13-21(9-2-8-19)12-16-3-1-10-23-16/h1,3-7,10H,2,9,11-13H2,(H,20,22). The van der Waals surface area contributed by atoms with Gasteiger partial charge in [0.15, 0.2) is 0 Å². The zero-order valence-corrected chi connectivity index (χ0v) is 13.4. The van der Waals surface area contributed by atoms with Crippen molar-refractivity contribution < 1.29 is 9.21 Å². The third-order valence-electron chi connectivity index (χ3n) is 3.27. The molecule has 120 valence electrons. The van der Waals surface area contributed by atoms with Gasteiger partial charge in [-0.2, -0.15) is 5.26 Å². The topological polar surface area (TPSA) is 69.3 Å². The molecule has 0 aliphatic heterocycles. The van der Waals surface area contributed by atoms with Crippen LogP contribution in [0.3, 0.4) is 0 Å². The molecular weight excluding hydrogens is 314 g/mol. The summed E-state index contributed by atoms with van der Waals surface area (Å²) in [5.41, 5.74) is 0.984. The summed E-state index contributed by atoms with van der Waals surface area (Å²) >= 11 is 5.83. The van der Waals surface area contributed by atoms with Gasteiger partial charge in [0.05, 0.1) is 25.4 Å². The molecule has 0 atom stereocenters. The molecule has 1 aromatic heterocycles. The highest BCUT2D eigenvalue weighted by Gasteiger charge is 2.12. The van der Waals surface area contributed by atoms with Crippen LogP contribution in [0.4, 0.5) is 0 Å². The second kappa shape index (κ2) is 8.99. The molecule has 1 heterocycles. The lowest BCUT2D eigenvalue weighted by atomic mass is 10.2. The third-order valence-corrected chi connectivity index (χ3v) is 3.52. The van der Waals surface area contributed by atoms with Crippen molar-refractivity contribution in [1.82, 2.24) is 10.2 Å². The number of rotatable bonds is 8. The molecule has 0 saturated carbocycles. The van der Waals surface area contributed by atoms with E-state index in [9.17, 15) is 4.79 Å². The summed E-state index contributed by atoms with van der Waals surface area (Å²) in [6, 6.07) is 13.1. The van der Waals surface area contributed by atoms with Crippen molar-refractivity contribution in [2.45, 2.75) is 19.5 Å². The molecule has 5 nitrogen and oxygen atoms in total. The molecule has 0 bridgehead atoms. The van der Waals surface area contributed by atoms with Gasteiger partial charge >= 0.3 is 0 Å². The third kappa shape index (κ3) is 6.15. The van der Waals surface area contributed by atoms with E-state index < -0.39 is 0 Å². The average molecular weight is 332 g/mol. The Balaban J connectivity index is 1.83. The lowest BCUT2D eigenvalue weighted by molar-refractivity contribution is -0.122. The van der Waals surface area contributed by atoms with Crippen molar-refractivity contribution in [1.29, 1.82) is 5.26 Å². The van der Waals surface area contributed by atoms with Gasteiger partial charge < -0.3 is 9.73 Å². The number of hydrogen-bond donors (Lipinski definition) is 1. The summed E-state index contributed by atoms with van der Waals surface area (Å²) in [5, 5.41) is 12.3. The Morgan fingerprint density at radius 2 is 2.09 bits per heavy atom. The van der Waals surface area contributed by atoms with Crippen LogP contribution in [0.1, 0.15) is 17.7 Å². The predicted molar refractivity (Wildman–Crippen MR) is 87.5 cm³/mol. The number of hydrogen-bond acceptors (Lipinski definition) is 4. The van der Waals surface area contributed by atoms with Gasteiger partial charge in [-0.3, -0.25) is 9.69 Å². The highest BCUT2D eigenvalue weighted by molar-refractivity contribution is 6.30. The molecule has 0 aliphatic carbocycles. The zero-order valence-electron chi connectivity index (χ0n) is 12.7. The average Bonchev–Trinajstić information content (AvgIpc) is 3.05. The quantitative estimate of drug-likeness (QED) is 0.807. The summed E-state index contributed by atoms with van der Waals surface area (Å²) in [5.74, 6) is 0.679. The molecule has 23 heavy (non-hydrogen) atoms. The number of nitrogens with one attached hydrogen (secondary N) is 1. The maximum Gasteiger partial charge on any atom is 0.234 e. The van der Waals surface area contributed by atoms with Crippen molar-refractivity contribution in [2.24, 2.45) is 0 Å². The van der Waals surface area contributed by atoms with Gasteiger partial charge in [-0.15, -0.1) is 0 Å². The monoisotopic (exact) mass is 331 g/mol. The van der Waals surface area contributed by atoms with E-state index in [0.29, 0.717) is 31.1 Å². The lowest BCUT2D eigenvalue weighted by Gasteiger charge is -2.19. The summed E-state index contributed by atoms with van der Waals surface area (Å²) in [7, 11) is 0. The fourth-order valence-electron chi connectivity index (χ4n) is 2.11. The van der Waals surface area contributed by atoms with Gasteiger partial charge in [0, 0.05) is 24.5 Å². The largest absolute Gasteiger partial charge is 0.468 e. The number of nitriles is 1. The number of benzene rings is 1. The molecule has 0 fully saturated rings. The van der Waals surface area contributed by atoms with Gasteiger partial charge in [0.2, 0.25) is 5.91 Å². The first-order chi connectivity index (χ1) is 11.2. The smallest absolute Gasteiger partial charge is 0.234 e.